The van der Waals surface area contributed by atoms with Gasteiger partial charge < -0.3 is 10.1 Å². The highest BCUT2D eigenvalue weighted by Crippen LogP contribution is 2.20. The fraction of sp³-hybridized carbons (Fsp3) is 0. The van der Waals surface area contributed by atoms with E-state index in [4.69, 9.17) is 5.11 Å². The van der Waals surface area contributed by atoms with Gasteiger partial charge in [0.1, 0.15) is 5.69 Å². The van der Waals surface area contributed by atoms with E-state index in [0.29, 0.717) is 0 Å². The Bertz CT molecular complexity index is 760. The van der Waals surface area contributed by atoms with Gasteiger partial charge >= 0.3 is 11.7 Å². The minimum Gasteiger partial charge on any atom is -0.478 e. The predicted octanol–water partition coefficient (Wildman–Crippen LogP) is 1.18. The zero-order chi connectivity index (χ0) is 13.8. The smallest absolute Gasteiger partial charge is 0.337 e. The van der Waals surface area contributed by atoms with Gasteiger partial charge in [0, 0.05) is 6.20 Å². The van der Waals surface area contributed by atoms with E-state index in [-0.39, 0.29) is 16.9 Å². The van der Waals surface area contributed by atoms with E-state index in [1.54, 1.807) is 12.1 Å². The van der Waals surface area contributed by atoms with E-state index in [1.165, 1.54) is 12.1 Å². The van der Waals surface area contributed by atoms with E-state index in [9.17, 15) is 14.4 Å². The molecule has 0 aliphatic rings. The van der Waals surface area contributed by atoms with Gasteiger partial charge in [0.15, 0.2) is 5.69 Å². The van der Waals surface area contributed by atoms with E-state index in [0.717, 1.165) is 6.20 Å². The largest absolute Gasteiger partial charge is 0.478 e. The quantitative estimate of drug-likeness (QED) is 0.715. The number of hydrogen-bond acceptors (Lipinski definition) is 5. The number of benzene rings is 1. The van der Waals surface area contributed by atoms with Crippen molar-refractivity contribution < 1.29 is 9.90 Å². The second kappa shape index (κ2) is 5.08. The van der Waals surface area contributed by atoms with Crippen LogP contribution in [0.3, 0.4) is 0 Å². The summed E-state index contributed by atoms with van der Waals surface area (Å²) < 4.78 is 0. The third kappa shape index (κ3) is 2.80. The van der Waals surface area contributed by atoms with Crippen LogP contribution in [-0.4, -0.2) is 21.0 Å². The fourth-order valence-corrected chi connectivity index (χ4v) is 1.33. The number of nitrogens with zero attached hydrogens (tertiary/aromatic N) is 2. The van der Waals surface area contributed by atoms with E-state index < -0.39 is 17.2 Å². The lowest BCUT2D eigenvalue weighted by molar-refractivity contribution is 0.0698. The number of aromatic nitrogens is 2. The summed E-state index contributed by atoms with van der Waals surface area (Å²) in [6.07, 6.45) is 1.09. The van der Waals surface area contributed by atoms with Crippen LogP contribution in [0.1, 0.15) is 10.4 Å². The minimum atomic E-state index is -1.15. The number of carboxylic acid groups (broad SMARTS) is 1. The Labute approximate surface area is 105 Å². The van der Waals surface area contributed by atoms with Crippen molar-refractivity contribution in [1.82, 2.24) is 9.97 Å². The van der Waals surface area contributed by atoms with Crippen LogP contribution in [0.4, 0.5) is 11.4 Å². The van der Waals surface area contributed by atoms with Crippen LogP contribution >= 0.6 is 0 Å². The molecule has 0 aliphatic heterocycles. The molecule has 1 heterocycles. The Balaban J connectivity index is 2.41. The van der Waals surface area contributed by atoms with Crippen molar-refractivity contribution in [2.75, 3.05) is 0 Å². The summed E-state index contributed by atoms with van der Waals surface area (Å²) in [5.41, 5.74) is -1.41. The van der Waals surface area contributed by atoms with Gasteiger partial charge in [-0.2, -0.15) is 0 Å². The van der Waals surface area contributed by atoms with Gasteiger partial charge in [-0.15, -0.1) is 10.2 Å². The summed E-state index contributed by atoms with van der Waals surface area (Å²) in [7, 11) is 0. The van der Waals surface area contributed by atoms with Crippen LogP contribution in [0.2, 0.25) is 0 Å². The highest BCUT2D eigenvalue weighted by Gasteiger charge is 2.08. The van der Waals surface area contributed by atoms with Gasteiger partial charge in [0.05, 0.1) is 5.56 Å². The highest BCUT2D eigenvalue weighted by atomic mass is 16.4. The van der Waals surface area contributed by atoms with Gasteiger partial charge in [-0.1, -0.05) is 12.1 Å². The summed E-state index contributed by atoms with van der Waals surface area (Å²) in [6.45, 7) is 0. The van der Waals surface area contributed by atoms with E-state index in [1.807, 2.05) is 4.98 Å². The number of carboxylic acids is 1. The molecule has 2 rings (SSSR count). The molecule has 2 aromatic rings. The molecule has 8 heteroatoms. The topological polar surface area (TPSA) is 128 Å². The number of azo groups is 1. The molecule has 0 fully saturated rings. The molecule has 8 nitrogen and oxygen atoms in total. The molecule has 1 aromatic heterocycles. The molecule has 3 N–H and O–H groups in total. The van der Waals surface area contributed by atoms with Crippen LogP contribution in [0, 0.1) is 0 Å². The normalized spacial score (nSPS) is 10.7. The van der Waals surface area contributed by atoms with Crippen molar-refractivity contribution in [2.45, 2.75) is 0 Å². The third-order valence-electron chi connectivity index (χ3n) is 2.20. The minimum absolute atomic E-state index is 0.0351. The van der Waals surface area contributed by atoms with Gasteiger partial charge in [0.2, 0.25) is 0 Å². The Hall–Kier alpha value is -3.03. The number of nitrogens with one attached hydrogen (secondary N) is 2. The molecular formula is C11H8N4O4. The Morgan fingerprint density at radius 3 is 2.47 bits per heavy atom. The van der Waals surface area contributed by atoms with Crippen LogP contribution < -0.4 is 11.2 Å². The standard InChI is InChI=1S/C11H8N4O4/c16-9-8(5-12-11(19)13-9)15-14-7-4-2-1-3-6(7)10(17)18/h1-5H,(H,17,18)(H2,12,13,16,19). The lowest BCUT2D eigenvalue weighted by Gasteiger charge is -1.97. The molecule has 19 heavy (non-hydrogen) atoms. The molecule has 0 saturated carbocycles. The second-order valence-electron chi connectivity index (χ2n) is 3.48. The molecule has 1 aromatic carbocycles. The molecule has 0 atom stereocenters. The summed E-state index contributed by atoms with van der Waals surface area (Å²) in [5.74, 6) is -1.15. The maximum Gasteiger partial charge on any atom is 0.337 e. The molecule has 0 radical (unpaired) electrons. The summed E-state index contributed by atoms with van der Waals surface area (Å²) in [4.78, 5) is 37.3. The van der Waals surface area contributed by atoms with Crippen LogP contribution in [-0.2, 0) is 0 Å². The summed E-state index contributed by atoms with van der Waals surface area (Å²) >= 11 is 0. The number of rotatable bonds is 3. The molecular weight excluding hydrogens is 252 g/mol. The zero-order valence-electron chi connectivity index (χ0n) is 9.45. The molecule has 0 aliphatic carbocycles. The lowest BCUT2D eigenvalue weighted by Crippen LogP contribution is -2.20. The first-order valence-corrected chi connectivity index (χ1v) is 5.14. The first-order chi connectivity index (χ1) is 9.08. The SMILES string of the molecule is O=C(O)c1ccccc1N=Nc1c[nH]c(=O)[nH]c1=O. The van der Waals surface area contributed by atoms with Crippen LogP contribution in [0.25, 0.3) is 0 Å². The van der Waals surface area contributed by atoms with Crippen LogP contribution in [0.15, 0.2) is 50.3 Å². The highest BCUT2D eigenvalue weighted by molar-refractivity contribution is 5.93. The molecule has 96 valence electrons. The number of hydrogen-bond donors (Lipinski definition) is 3. The van der Waals surface area contributed by atoms with Crippen LogP contribution in [0.5, 0.6) is 0 Å². The maximum absolute atomic E-state index is 11.3. The van der Waals surface area contributed by atoms with E-state index in [2.05, 4.69) is 15.2 Å². The predicted molar refractivity (Wildman–Crippen MR) is 65.3 cm³/mol. The van der Waals surface area contributed by atoms with Crippen molar-refractivity contribution in [2.24, 2.45) is 10.2 Å². The van der Waals surface area contributed by atoms with E-state index >= 15 is 0 Å². The number of aromatic amines is 2. The Kier molecular flexibility index (Phi) is 3.33. The van der Waals surface area contributed by atoms with Gasteiger partial charge in [0.25, 0.3) is 5.56 Å². The summed E-state index contributed by atoms with van der Waals surface area (Å²) in [6, 6.07) is 5.97. The number of H-pyrrole nitrogens is 2. The molecule has 0 saturated heterocycles. The first-order valence-electron chi connectivity index (χ1n) is 5.14. The molecule has 0 amide bonds. The van der Waals surface area contributed by atoms with Crippen molar-refractivity contribution in [3.8, 4) is 0 Å². The van der Waals surface area contributed by atoms with Gasteiger partial charge in [-0.05, 0) is 12.1 Å². The zero-order valence-corrected chi connectivity index (χ0v) is 9.45. The van der Waals surface area contributed by atoms with Gasteiger partial charge in [-0.3, -0.25) is 9.78 Å². The van der Waals surface area contributed by atoms with Crippen molar-refractivity contribution in [3.05, 3.63) is 56.9 Å². The van der Waals surface area contributed by atoms with Gasteiger partial charge in [-0.25, -0.2) is 9.59 Å². The molecule has 0 unspecified atom stereocenters. The number of carbonyl (C=O) groups is 1. The van der Waals surface area contributed by atoms with Crippen molar-refractivity contribution >= 4 is 17.3 Å². The first kappa shape index (κ1) is 12.4. The second-order valence-corrected chi connectivity index (χ2v) is 3.48. The molecule has 0 spiro atoms. The summed E-state index contributed by atoms with van der Waals surface area (Å²) in [5, 5.41) is 16.2. The Morgan fingerprint density at radius 2 is 1.79 bits per heavy atom. The van der Waals surface area contributed by atoms with Crippen molar-refractivity contribution in [1.29, 1.82) is 0 Å². The fourth-order valence-electron chi connectivity index (χ4n) is 1.33. The average molecular weight is 260 g/mol. The third-order valence-corrected chi connectivity index (χ3v) is 2.20. The number of aromatic carboxylic acids is 1. The molecule has 0 bridgehead atoms. The Morgan fingerprint density at radius 1 is 1.11 bits per heavy atom. The lowest BCUT2D eigenvalue weighted by atomic mass is 10.2. The maximum atomic E-state index is 11.3. The monoisotopic (exact) mass is 260 g/mol. The van der Waals surface area contributed by atoms with Crippen molar-refractivity contribution in [3.63, 3.8) is 0 Å². The average Bonchev–Trinajstić information content (AvgIpc) is 2.38.